The number of rotatable bonds is 3. The molecule has 0 aliphatic rings. The van der Waals surface area contributed by atoms with Gasteiger partial charge >= 0.3 is 5.76 Å². The summed E-state index contributed by atoms with van der Waals surface area (Å²) in [5.74, 6) is -0.767. The summed E-state index contributed by atoms with van der Waals surface area (Å²) in [5, 5.41) is 0. The standard InChI is InChI=1S/C15H13FN2O2/c16-12-6-5-10(11(7-12)8-17)9-18-13-3-1-2-4-14(13)20-15(18)19/h1-7H,8-9,17H2. The summed E-state index contributed by atoms with van der Waals surface area (Å²) in [6.45, 7) is 0.528. The van der Waals surface area contributed by atoms with Crippen LogP contribution in [0.1, 0.15) is 11.1 Å². The Balaban J connectivity index is 2.10. The van der Waals surface area contributed by atoms with Gasteiger partial charge in [0.2, 0.25) is 0 Å². The second-order valence-corrected chi connectivity index (χ2v) is 4.54. The number of benzene rings is 2. The molecule has 4 nitrogen and oxygen atoms in total. The van der Waals surface area contributed by atoms with Crippen molar-refractivity contribution in [3.05, 3.63) is 70.0 Å². The summed E-state index contributed by atoms with van der Waals surface area (Å²) >= 11 is 0. The SMILES string of the molecule is NCc1cc(F)ccc1Cn1c(=O)oc2ccccc21. The summed E-state index contributed by atoms with van der Waals surface area (Å²) in [4.78, 5) is 11.9. The van der Waals surface area contributed by atoms with Gasteiger partial charge in [-0.2, -0.15) is 0 Å². The van der Waals surface area contributed by atoms with Gasteiger partial charge in [0.25, 0.3) is 0 Å². The number of para-hydroxylation sites is 2. The number of hydrogen-bond acceptors (Lipinski definition) is 3. The quantitative estimate of drug-likeness (QED) is 0.795. The lowest BCUT2D eigenvalue weighted by atomic mass is 10.1. The van der Waals surface area contributed by atoms with E-state index in [2.05, 4.69) is 0 Å². The van der Waals surface area contributed by atoms with E-state index in [1.165, 1.54) is 16.7 Å². The summed E-state index contributed by atoms with van der Waals surface area (Å²) in [6.07, 6.45) is 0. The van der Waals surface area contributed by atoms with Gasteiger partial charge in [0.15, 0.2) is 5.58 Å². The van der Waals surface area contributed by atoms with Gasteiger partial charge < -0.3 is 10.2 Å². The molecule has 2 N–H and O–H groups in total. The molecular formula is C15H13FN2O2. The molecule has 1 aromatic heterocycles. The van der Waals surface area contributed by atoms with E-state index in [-0.39, 0.29) is 12.4 Å². The molecule has 0 bridgehead atoms. The van der Waals surface area contributed by atoms with Crippen molar-refractivity contribution in [2.24, 2.45) is 5.73 Å². The number of oxazole rings is 1. The Hall–Kier alpha value is -2.40. The van der Waals surface area contributed by atoms with Crippen LogP contribution in [0.15, 0.2) is 51.7 Å². The first-order valence-corrected chi connectivity index (χ1v) is 6.25. The lowest BCUT2D eigenvalue weighted by Gasteiger charge is -2.08. The average molecular weight is 272 g/mol. The van der Waals surface area contributed by atoms with Crippen LogP contribution in [0.5, 0.6) is 0 Å². The van der Waals surface area contributed by atoms with E-state index < -0.39 is 5.76 Å². The van der Waals surface area contributed by atoms with Crippen LogP contribution in [0.3, 0.4) is 0 Å². The molecule has 5 heteroatoms. The molecule has 1 heterocycles. The molecule has 3 aromatic rings. The summed E-state index contributed by atoms with van der Waals surface area (Å²) < 4.78 is 19.9. The summed E-state index contributed by atoms with van der Waals surface area (Å²) in [7, 11) is 0. The average Bonchev–Trinajstić information content (AvgIpc) is 2.77. The Morgan fingerprint density at radius 1 is 1.15 bits per heavy atom. The van der Waals surface area contributed by atoms with Gasteiger partial charge in [-0.3, -0.25) is 4.57 Å². The van der Waals surface area contributed by atoms with Crippen molar-refractivity contribution in [2.75, 3.05) is 0 Å². The molecule has 2 aromatic carbocycles. The van der Waals surface area contributed by atoms with Gasteiger partial charge in [-0.05, 0) is 35.4 Å². The predicted molar refractivity (Wildman–Crippen MR) is 73.9 cm³/mol. The topological polar surface area (TPSA) is 61.2 Å². The van der Waals surface area contributed by atoms with Gasteiger partial charge in [0.05, 0.1) is 12.1 Å². The normalized spacial score (nSPS) is 11.1. The van der Waals surface area contributed by atoms with Gasteiger partial charge in [0.1, 0.15) is 5.82 Å². The fraction of sp³-hybridized carbons (Fsp3) is 0.133. The van der Waals surface area contributed by atoms with Crippen molar-refractivity contribution >= 4 is 11.1 Å². The van der Waals surface area contributed by atoms with E-state index in [1.807, 2.05) is 12.1 Å². The first-order valence-electron chi connectivity index (χ1n) is 6.25. The van der Waals surface area contributed by atoms with Crippen LogP contribution >= 0.6 is 0 Å². The largest absolute Gasteiger partial charge is 0.420 e. The Labute approximate surface area is 114 Å². The number of halogens is 1. The van der Waals surface area contributed by atoms with Crippen LogP contribution in [-0.2, 0) is 13.1 Å². The molecule has 0 spiro atoms. The molecule has 102 valence electrons. The number of hydrogen-bond donors (Lipinski definition) is 1. The number of nitrogens with zero attached hydrogens (tertiary/aromatic N) is 1. The molecule has 0 saturated carbocycles. The molecule has 0 atom stereocenters. The van der Waals surface area contributed by atoms with Gasteiger partial charge in [-0.25, -0.2) is 9.18 Å². The maximum atomic E-state index is 13.2. The van der Waals surface area contributed by atoms with Crippen LogP contribution in [0.4, 0.5) is 4.39 Å². The Kier molecular flexibility index (Phi) is 3.12. The highest BCUT2D eigenvalue weighted by Crippen LogP contribution is 2.16. The second-order valence-electron chi connectivity index (χ2n) is 4.54. The summed E-state index contributed by atoms with van der Waals surface area (Å²) in [6, 6.07) is 11.6. The third-order valence-corrected chi connectivity index (χ3v) is 3.29. The molecule has 0 aliphatic carbocycles. The zero-order chi connectivity index (χ0) is 14.1. The number of aromatic nitrogens is 1. The maximum Gasteiger partial charge on any atom is 0.420 e. The molecule has 0 unspecified atom stereocenters. The second kappa shape index (κ2) is 4.94. The van der Waals surface area contributed by atoms with Crippen LogP contribution in [0.25, 0.3) is 11.1 Å². The Morgan fingerprint density at radius 2 is 1.95 bits per heavy atom. The van der Waals surface area contributed by atoms with Gasteiger partial charge in [0, 0.05) is 6.54 Å². The van der Waals surface area contributed by atoms with E-state index in [9.17, 15) is 9.18 Å². The number of nitrogens with two attached hydrogens (primary N) is 1. The fourth-order valence-electron chi connectivity index (χ4n) is 2.27. The number of fused-ring (bicyclic) bond motifs is 1. The third-order valence-electron chi connectivity index (χ3n) is 3.29. The third kappa shape index (κ3) is 2.12. The lowest BCUT2D eigenvalue weighted by Crippen LogP contribution is -2.16. The van der Waals surface area contributed by atoms with E-state index >= 15 is 0 Å². The molecule has 0 aliphatic heterocycles. The molecule has 0 amide bonds. The zero-order valence-corrected chi connectivity index (χ0v) is 10.7. The van der Waals surface area contributed by atoms with Crippen molar-refractivity contribution in [1.82, 2.24) is 4.57 Å². The minimum atomic E-state index is -0.432. The monoisotopic (exact) mass is 272 g/mol. The van der Waals surface area contributed by atoms with Crippen molar-refractivity contribution in [3.8, 4) is 0 Å². The van der Waals surface area contributed by atoms with E-state index in [1.54, 1.807) is 18.2 Å². The van der Waals surface area contributed by atoms with Gasteiger partial charge in [-0.15, -0.1) is 0 Å². The van der Waals surface area contributed by atoms with E-state index in [0.29, 0.717) is 23.2 Å². The van der Waals surface area contributed by atoms with Crippen LogP contribution in [-0.4, -0.2) is 4.57 Å². The van der Waals surface area contributed by atoms with E-state index in [4.69, 9.17) is 10.2 Å². The van der Waals surface area contributed by atoms with Gasteiger partial charge in [-0.1, -0.05) is 18.2 Å². The minimum Gasteiger partial charge on any atom is -0.408 e. The van der Waals surface area contributed by atoms with Crippen molar-refractivity contribution in [2.45, 2.75) is 13.1 Å². The van der Waals surface area contributed by atoms with Crippen molar-refractivity contribution < 1.29 is 8.81 Å². The summed E-state index contributed by atoms with van der Waals surface area (Å²) in [5.41, 5.74) is 8.36. The highest BCUT2D eigenvalue weighted by Gasteiger charge is 2.11. The zero-order valence-electron chi connectivity index (χ0n) is 10.7. The van der Waals surface area contributed by atoms with Crippen molar-refractivity contribution in [1.29, 1.82) is 0 Å². The highest BCUT2D eigenvalue weighted by atomic mass is 19.1. The molecular weight excluding hydrogens is 259 g/mol. The molecule has 0 fully saturated rings. The molecule has 0 saturated heterocycles. The maximum absolute atomic E-state index is 13.2. The molecule has 20 heavy (non-hydrogen) atoms. The lowest BCUT2D eigenvalue weighted by molar-refractivity contribution is 0.517. The van der Waals surface area contributed by atoms with Crippen LogP contribution in [0, 0.1) is 5.82 Å². The Morgan fingerprint density at radius 3 is 2.75 bits per heavy atom. The first kappa shape index (κ1) is 12.6. The fourth-order valence-corrected chi connectivity index (χ4v) is 2.27. The molecule has 3 rings (SSSR count). The van der Waals surface area contributed by atoms with Crippen LogP contribution in [0.2, 0.25) is 0 Å². The minimum absolute atomic E-state index is 0.220. The Bertz CT molecular complexity index is 820. The van der Waals surface area contributed by atoms with E-state index in [0.717, 1.165) is 5.56 Å². The van der Waals surface area contributed by atoms with Crippen LogP contribution < -0.4 is 11.5 Å². The van der Waals surface area contributed by atoms with Crippen molar-refractivity contribution in [3.63, 3.8) is 0 Å². The highest BCUT2D eigenvalue weighted by molar-refractivity contribution is 5.72. The smallest absolute Gasteiger partial charge is 0.408 e. The molecule has 0 radical (unpaired) electrons. The predicted octanol–water partition coefficient (Wildman–Crippen LogP) is 2.24. The first-order chi connectivity index (χ1) is 9.69.